The third-order valence-corrected chi connectivity index (χ3v) is 3.29. The molecule has 1 fully saturated rings. The zero-order valence-corrected chi connectivity index (χ0v) is 8.03. The van der Waals surface area contributed by atoms with Gasteiger partial charge in [0, 0.05) is 30.1 Å². The Balaban J connectivity index is 1.87. The molecular formula is C9H14N2S. The van der Waals surface area contributed by atoms with E-state index in [9.17, 15) is 0 Å². The fourth-order valence-electron chi connectivity index (χ4n) is 1.38. The van der Waals surface area contributed by atoms with E-state index in [4.69, 9.17) is 0 Å². The molecule has 3 heteroatoms. The summed E-state index contributed by atoms with van der Waals surface area (Å²) in [4.78, 5) is 1.43. The van der Waals surface area contributed by atoms with E-state index in [0.717, 1.165) is 13.1 Å². The van der Waals surface area contributed by atoms with E-state index in [0.29, 0.717) is 12.1 Å². The molecule has 1 aliphatic rings. The second-order valence-corrected chi connectivity index (χ2v) is 4.24. The number of rotatable bonds is 3. The van der Waals surface area contributed by atoms with Gasteiger partial charge in [0.1, 0.15) is 0 Å². The second kappa shape index (κ2) is 3.56. The monoisotopic (exact) mass is 182 g/mol. The van der Waals surface area contributed by atoms with Gasteiger partial charge in [-0.15, -0.1) is 11.3 Å². The lowest BCUT2D eigenvalue weighted by Crippen LogP contribution is -2.55. The SMILES string of the molecule is CC(NC1CNC1)c1cccs1. The van der Waals surface area contributed by atoms with Gasteiger partial charge in [-0.05, 0) is 18.4 Å². The summed E-state index contributed by atoms with van der Waals surface area (Å²) in [5.41, 5.74) is 0. The van der Waals surface area contributed by atoms with E-state index in [1.54, 1.807) is 0 Å². The van der Waals surface area contributed by atoms with E-state index < -0.39 is 0 Å². The van der Waals surface area contributed by atoms with Gasteiger partial charge in [-0.1, -0.05) is 6.07 Å². The van der Waals surface area contributed by atoms with Crippen molar-refractivity contribution in [1.82, 2.24) is 10.6 Å². The molecule has 0 saturated carbocycles. The average Bonchev–Trinajstić information content (AvgIpc) is 2.47. The molecule has 66 valence electrons. The first-order chi connectivity index (χ1) is 5.86. The molecule has 2 rings (SSSR count). The maximum Gasteiger partial charge on any atom is 0.0389 e. The quantitative estimate of drug-likeness (QED) is 0.738. The van der Waals surface area contributed by atoms with Crippen LogP contribution in [-0.2, 0) is 0 Å². The Labute approximate surface area is 77.0 Å². The molecule has 1 atom stereocenters. The van der Waals surface area contributed by atoms with Gasteiger partial charge in [-0.25, -0.2) is 0 Å². The number of hydrogen-bond donors (Lipinski definition) is 2. The highest BCUT2D eigenvalue weighted by Crippen LogP contribution is 2.18. The Morgan fingerprint density at radius 2 is 2.50 bits per heavy atom. The van der Waals surface area contributed by atoms with Crippen LogP contribution in [0.2, 0.25) is 0 Å². The normalized spacial score (nSPS) is 20.4. The maximum absolute atomic E-state index is 3.57. The number of hydrogen-bond acceptors (Lipinski definition) is 3. The van der Waals surface area contributed by atoms with Crippen molar-refractivity contribution in [2.24, 2.45) is 0 Å². The van der Waals surface area contributed by atoms with Crippen LogP contribution in [0.5, 0.6) is 0 Å². The van der Waals surface area contributed by atoms with Crippen LogP contribution in [-0.4, -0.2) is 19.1 Å². The molecule has 0 radical (unpaired) electrons. The molecule has 0 aromatic carbocycles. The smallest absolute Gasteiger partial charge is 0.0389 e. The average molecular weight is 182 g/mol. The summed E-state index contributed by atoms with van der Waals surface area (Å²) in [7, 11) is 0. The van der Waals surface area contributed by atoms with Crippen LogP contribution in [0, 0.1) is 0 Å². The van der Waals surface area contributed by atoms with Crippen molar-refractivity contribution in [3.8, 4) is 0 Å². The summed E-state index contributed by atoms with van der Waals surface area (Å²) in [6, 6.07) is 5.49. The van der Waals surface area contributed by atoms with Crippen molar-refractivity contribution in [3.63, 3.8) is 0 Å². The number of thiophene rings is 1. The molecule has 1 aliphatic heterocycles. The molecule has 0 amide bonds. The van der Waals surface area contributed by atoms with Gasteiger partial charge in [0.15, 0.2) is 0 Å². The number of nitrogens with one attached hydrogen (secondary N) is 2. The zero-order valence-electron chi connectivity index (χ0n) is 7.21. The minimum absolute atomic E-state index is 0.511. The minimum Gasteiger partial charge on any atom is -0.314 e. The Morgan fingerprint density at radius 3 is 3.00 bits per heavy atom. The molecule has 0 spiro atoms. The summed E-state index contributed by atoms with van der Waals surface area (Å²) in [6.45, 7) is 4.47. The van der Waals surface area contributed by atoms with E-state index in [2.05, 4.69) is 35.1 Å². The molecule has 2 nitrogen and oxygen atoms in total. The summed E-state index contributed by atoms with van der Waals surface area (Å²) in [6.07, 6.45) is 0. The van der Waals surface area contributed by atoms with Gasteiger partial charge in [-0.2, -0.15) is 0 Å². The van der Waals surface area contributed by atoms with Gasteiger partial charge >= 0.3 is 0 Å². The van der Waals surface area contributed by atoms with Crippen LogP contribution >= 0.6 is 11.3 Å². The minimum atomic E-state index is 0.511. The largest absolute Gasteiger partial charge is 0.314 e. The summed E-state index contributed by atoms with van der Waals surface area (Å²) in [5, 5.41) is 8.95. The molecule has 1 unspecified atom stereocenters. The predicted molar refractivity (Wildman–Crippen MR) is 52.5 cm³/mol. The highest BCUT2D eigenvalue weighted by molar-refractivity contribution is 7.10. The topological polar surface area (TPSA) is 24.1 Å². The summed E-state index contributed by atoms with van der Waals surface area (Å²) in [5.74, 6) is 0. The molecule has 1 aromatic heterocycles. The first-order valence-corrected chi connectivity index (χ1v) is 5.24. The lowest BCUT2D eigenvalue weighted by Gasteiger charge is -2.30. The molecule has 2 heterocycles. The van der Waals surface area contributed by atoms with Gasteiger partial charge in [0.05, 0.1) is 0 Å². The Morgan fingerprint density at radius 1 is 1.67 bits per heavy atom. The fourth-order valence-corrected chi connectivity index (χ4v) is 2.12. The van der Waals surface area contributed by atoms with Crippen LogP contribution < -0.4 is 10.6 Å². The first kappa shape index (κ1) is 8.23. The van der Waals surface area contributed by atoms with E-state index in [1.807, 2.05) is 11.3 Å². The molecule has 0 bridgehead atoms. The molecule has 12 heavy (non-hydrogen) atoms. The summed E-state index contributed by atoms with van der Waals surface area (Å²) < 4.78 is 0. The molecule has 1 aromatic rings. The maximum atomic E-state index is 3.57. The highest BCUT2D eigenvalue weighted by Gasteiger charge is 2.19. The van der Waals surface area contributed by atoms with Crippen molar-refractivity contribution >= 4 is 11.3 Å². The Hall–Kier alpha value is -0.380. The molecular weight excluding hydrogens is 168 g/mol. The zero-order chi connectivity index (χ0) is 8.39. The van der Waals surface area contributed by atoms with Crippen molar-refractivity contribution in [3.05, 3.63) is 22.4 Å². The van der Waals surface area contributed by atoms with Crippen molar-refractivity contribution in [2.45, 2.75) is 19.0 Å². The van der Waals surface area contributed by atoms with Crippen LogP contribution in [0.15, 0.2) is 17.5 Å². The van der Waals surface area contributed by atoms with Crippen molar-refractivity contribution < 1.29 is 0 Å². The molecule has 1 saturated heterocycles. The molecule has 0 aliphatic carbocycles. The van der Waals surface area contributed by atoms with Gasteiger partial charge in [-0.3, -0.25) is 0 Å². The predicted octanol–water partition coefficient (Wildman–Crippen LogP) is 1.37. The summed E-state index contributed by atoms with van der Waals surface area (Å²) >= 11 is 1.82. The second-order valence-electron chi connectivity index (χ2n) is 3.26. The van der Waals surface area contributed by atoms with Crippen molar-refractivity contribution in [2.75, 3.05) is 13.1 Å². The lowest BCUT2D eigenvalue weighted by molar-refractivity contribution is 0.340. The van der Waals surface area contributed by atoms with E-state index >= 15 is 0 Å². The Bertz CT molecular complexity index is 229. The van der Waals surface area contributed by atoms with Crippen LogP contribution in [0.3, 0.4) is 0 Å². The third kappa shape index (κ3) is 1.68. The highest BCUT2D eigenvalue weighted by atomic mass is 32.1. The Kier molecular flexibility index (Phi) is 2.44. The van der Waals surface area contributed by atoms with Gasteiger partial charge in [0.2, 0.25) is 0 Å². The third-order valence-electron chi connectivity index (χ3n) is 2.24. The van der Waals surface area contributed by atoms with Gasteiger partial charge in [0.25, 0.3) is 0 Å². The first-order valence-electron chi connectivity index (χ1n) is 4.36. The van der Waals surface area contributed by atoms with E-state index in [-0.39, 0.29) is 0 Å². The van der Waals surface area contributed by atoms with Crippen LogP contribution in [0.1, 0.15) is 17.8 Å². The van der Waals surface area contributed by atoms with E-state index in [1.165, 1.54) is 4.88 Å². The fraction of sp³-hybridized carbons (Fsp3) is 0.556. The van der Waals surface area contributed by atoms with Crippen LogP contribution in [0.4, 0.5) is 0 Å². The lowest BCUT2D eigenvalue weighted by atomic mass is 10.1. The van der Waals surface area contributed by atoms with Crippen molar-refractivity contribution in [1.29, 1.82) is 0 Å². The standard InChI is InChI=1S/C9H14N2S/c1-7(9-3-2-4-12-9)11-8-5-10-6-8/h2-4,7-8,10-11H,5-6H2,1H3. The van der Waals surface area contributed by atoms with Gasteiger partial charge < -0.3 is 10.6 Å². The van der Waals surface area contributed by atoms with Crippen LogP contribution in [0.25, 0.3) is 0 Å². The molecule has 2 N–H and O–H groups in total.